The lowest BCUT2D eigenvalue weighted by Gasteiger charge is -2.43. The molecule has 2 aromatic heterocycles. The molecule has 0 aliphatic carbocycles. The second kappa shape index (κ2) is 13.0. The fourth-order valence-electron chi connectivity index (χ4n) is 7.03. The van der Waals surface area contributed by atoms with Gasteiger partial charge >= 0.3 is 12.1 Å². The lowest BCUT2D eigenvalue weighted by atomic mass is 9.71. The van der Waals surface area contributed by atoms with Crippen molar-refractivity contribution in [3.05, 3.63) is 72.1 Å². The fraction of sp³-hybridized carbons (Fsp3) is 0.412. The molecular weight excluding hydrogens is 627 g/mol. The molecule has 0 radical (unpaired) electrons. The van der Waals surface area contributed by atoms with Crippen molar-refractivity contribution in [3.63, 3.8) is 0 Å². The van der Waals surface area contributed by atoms with Gasteiger partial charge in [0.2, 0.25) is 17.9 Å². The number of ether oxygens (including phenoxy) is 2. The summed E-state index contributed by atoms with van der Waals surface area (Å²) in [6.07, 6.45) is -2.93. The number of aliphatic carboxylic acids is 1. The summed E-state index contributed by atoms with van der Waals surface area (Å²) in [6.45, 7) is 4.84. The van der Waals surface area contributed by atoms with Crippen LogP contribution in [0.5, 0.6) is 11.6 Å². The minimum atomic E-state index is -4.83. The second-order valence-corrected chi connectivity index (χ2v) is 12.4. The van der Waals surface area contributed by atoms with E-state index < -0.39 is 24.3 Å². The van der Waals surface area contributed by atoms with E-state index in [-0.39, 0.29) is 34.5 Å². The summed E-state index contributed by atoms with van der Waals surface area (Å²) >= 11 is 0. The summed E-state index contributed by atoms with van der Waals surface area (Å²) in [5, 5.41) is 17.3. The highest BCUT2D eigenvalue weighted by Crippen LogP contribution is 2.46. The van der Waals surface area contributed by atoms with Crippen LogP contribution in [0.25, 0.3) is 16.8 Å². The van der Waals surface area contributed by atoms with Crippen LogP contribution in [-0.4, -0.2) is 69.3 Å². The van der Waals surface area contributed by atoms with Crippen molar-refractivity contribution in [3.8, 4) is 28.4 Å². The number of hydrogen-bond donors (Lipinski definition) is 3. The number of hydrogen-bond acceptors (Lipinski definition) is 9. The molecular formula is C34H38F3N7O4. The Hall–Kier alpha value is -4.85. The largest absolute Gasteiger partial charge is 0.497 e. The minimum absolute atomic E-state index is 0.0616. The summed E-state index contributed by atoms with van der Waals surface area (Å²) in [4.78, 5) is 22.0. The highest BCUT2D eigenvalue weighted by molar-refractivity contribution is 5.74. The molecule has 11 nitrogen and oxygen atoms in total. The van der Waals surface area contributed by atoms with E-state index in [1.165, 1.54) is 16.8 Å². The van der Waals surface area contributed by atoms with Crippen LogP contribution in [0.2, 0.25) is 0 Å². The minimum Gasteiger partial charge on any atom is -0.497 e. The number of alkyl halides is 3. The zero-order valence-electron chi connectivity index (χ0n) is 26.9. The number of methoxy groups -OCH3 is 1. The number of nitrogen functional groups attached to an aromatic ring is 1. The van der Waals surface area contributed by atoms with Crippen molar-refractivity contribution >= 4 is 17.7 Å². The Bertz CT molecular complexity index is 1770. The monoisotopic (exact) mass is 665 g/mol. The highest BCUT2D eigenvalue weighted by Gasteiger charge is 2.50. The molecule has 3 atom stereocenters. The van der Waals surface area contributed by atoms with E-state index >= 15 is 0 Å². The van der Waals surface area contributed by atoms with Gasteiger partial charge in [-0.2, -0.15) is 28.2 Å². The van der Waals surface area contributed by atoms with Crippen molar-refractivity contribution in [2.45, 2.75) is 63.9 Å². The maximum absolute atomic E-state index is 14.9. The first-order valence-electron chi connectivity index (χ1n) is 15.8. The molecule has 0 bridgehead atoms. The Morgan fingerprint density at radius 3 is 2.42 bits per heavy atom. The van der Waals surface area contributed by atoms with Crippen LogP contribution >= 0.6 is 0 Å². The third-order valence-corrected chi connectivity index (χ3v) is 9.49. The predicted molar refractivity (Wildman–Crippen MR) is 173 cm³/mol. The Labute approximate surface area is 275 Å². The molecule has 2 fully saturated rings. The number of nitrogens with two attached hydrogens (primary N) is 1. The van der Waals surface area contributed by atoms with E-state index in [0.717, 1.165) is 12.0 Å². The van der Waals surface area contributed by atoms with Gasteiger partial charge in [-0.25, -0.2) is 4.68 Å². The van der Waals surface area contributed by atoms with Gasteiger partial charge in [-0.05, 0) is 73.4 Å². The van der Waals surface area contributed by atoms with Gasteiger partial charge in [-0.3, -0.25) is 4.79 Å². The molecule has 4 aromatic rings. The van der Waals surface area contributed by atoms with E-state index in [0.29, 0.717) is 55.2 Å². The van der Waals surface area contributed by atoms with E-state index in [9.17, 15) is 23.1 Å². The molecule has 2 unspecified atom stereocenters. The lowest BCUT2D eigenvalue weighted by molar-refractivity contribution is -0.198. The predicted octanol–water partition coefficient (Wildman–Crippen LogP) is 5.72. The molecule has 2 aliphatic rings. The summed E-state index contributed by atoms with van der Waals surface area (Å²) in [7, 11) is 1.56. The maximum atomic E-state index is 14.9. The van der Waals surface area contributed by atoms with Crippen molar-refractivity contribution in [2.24, 2.45) is 5.41 Å². The molecule has 2 aromatic carbocycles. The number of nitrogens with one attached hydrogen (secondary N) is 1. The summed E-state index contributed by atoms with van der Waals surface area (Å²) < 4.78 is 57.0. The quantitative estimate of drug-likeness (QED) is 0.203. The number of anilines is 2. The molecule has 48 heavy (non-hydrogen) atoms. The smallest absolute Gasteiger partial charge is 0.429 e. The summed E-state index contributed by atoms with van der Waals surface area (Å²) in [5.74, 6) is -0.398. The Balaban J connectivity index is 1.30. The van der Waals surface area contributed by atoms with Crippen molar-refractivity contribution in [1.82, 2.24) is 25.1 Å². The summed E-state index contributed by atoms with van der Waals surface area (Å²) in [6, 6.07) is 14.4. The number of halogens is 3. The second-order valence-electron chi connectivity index (χ2n) is 12.4. The molecule has 2 saturated heterocycles. The molecule has 254 valence electrons. The van der Waals surface area contributed by atoms with Crippen LogP contribution in [0.1, 0.15) is 50.0 Å². The summed E-state index contributed by atoms with van der Waals surface area (Å²) in [5.41, 5.74) is 7.96. The lowest BCUT2D eigenvalue weighted by Crippen LogP contribution is -2.46. The average molecular weight is 666 g/mol. The third kappa shape index (κ3) is 6.61. The van der Waals surface area contributed by atoms with Crippen molar-refractivity contribution in [2.75, 3.05) is 30.8 Å². The number of benzene rings is 2. The normalized spacial score (nSPS) is 19.8. The number of rotatable bonds is 9. The number of carboxylic acids is 1. The molecule has 0 amide bonds. The molecule has 6 rings (SSSR count). The molecule has 4 heterocycles. The Kier molecular flexibility index (Phi) is 8.94. The molecule has 14 heteroatoms. The van der Waals surface area contributed by atoms with Gasteiger partial charge in [0.15, 0.2) is 0 Å². The van der Waals surface area contributed by atoms with Crippen LogP contribution in [0.15, 0.2) is 60.8 Å². The zero-order chi connectivity index (χ0) is 34.2. The highest BCUT2D eigenvalue weighted by atomic mass is 19.4. The molecule has 0 saturated carbocycles. The maximum Gasteiger partial charge on any atom is 0.429 e. The molecule has 2 aliphatic heterocycles. The van der Waals surface area contributed by atoms with Crippen LogP contribution in [-0.2, 0) is 4.79 Å². The average Bonchev–Trinajstić information content (AvgIpc) is 3.66. The van der Waals surface area contributed by atoms with Gasteiger partial charge in [-0.15, -0.1) is 0 Å². The standard InChI is InChI=1S/C34H38F3N7O4/c1-4-27-33(19-25(39-27)31(45)46)12-15-43(16-13-33)28-18-29(41-32(38)40-28)48-30(34(35,36)37)24-10-7-22(21-5-8-23(47-3)9-6-21)17-26(24)44-14-11-20(2)42-44/h5-11,14,17-18,25,27,30,39H,4,12-13,15-16,19H2,1-3H3,(H,45,46)(H2,38,40,41)/t25?,27?,30-/m1/s1. The number of nitrogens with zero attached hydrogens (tertiary/aromatic N) is 5. The number of piperidine rings is 1. The van der Waals surface area contributed by atoms with Crippen LogP contribution in [0, 0.1) is 12.3 Å². The number of carbonyl (C=O) groups is 1. The van der Waals surface area contributed by atoms with Crippen LogP contribution in [0.4, 0.5) is 24.9 Å². The Morgan fingerprint density at radius 2 is 1.81 bits per heavy atom. The van der Waals surface area contributed by atoms with Gasteiger partial charge in [0.1, 0.15) is 17.6 Å². The van der Waals surface area contributed by atoms with Crippen molar-refractivity contribution in [1.29, 1.82) is 0 Å². The molecule has 1 spiro atoms. The number of carboxylic acid groups (broad SMARTS) is 1. The van der Waals surface area contributed by atoms with E-state index in [1.807, 2.05) is 24.0 Å². The Morgan fingerprint density at radius 1 is 1.10 bits per heavy atom. The van der Waals surface area contributed by atoms with Crippen molar-refractivity contribution < 1.29 is 32.5 Å². The molecule has 4 N–H and O–H groups in total. The first-order chi connectivity index (χ1) is 22.9. The number of aryl methyl sites for hydroxylation is 1. The fourth-order valence-corrected chi connectivity index (χ4v) is 7.03. The van der Waals surface area contributed by atoms with E-state index in [2.05, 4.69) is 20.4 Å². The zero-order valence-corrected chi connectivity index (χ0v) is 26.9. The topological polar surface area (TPSA) is 141 Å². The van der Waals surface area contributed by atoms with Gasteiger partial charge < -0.3 is 30.5 Å². The van der Waals surface area contributed by atoms with E-state index in [4.69, 9.17) is 15.2 Å². The first kappa shape index (κ1) is 33.1. The van der Waals surface area contributed by atoms with Crippen LogP contribution in [0.3, 0.4) is 0 Å². The third-order valence-electron chi connectivity index (χ3n) is 9.49. The van der Waals surface area contributed by atoms with Gasteiger partial charge in [-0.1, -0.05) is 31.2 Å². The SMILES string of the molecule is CCC1NC(C(=O)O)CC12CCN(c1cc(O[C@H](c3ccc(-c4ccc(OC)cc4)cc3-n3ccc(C)n3)C(F)(F)F)nc(N)n1)CC2. The van der Waals surface area contributed by atoms with Gasteiger partial charge in [0, 0.05) is 37.0 Å². The number of aromatic nitrogens is 4. The first-order valence-corrected chi connectivity index (χ1v) is 15.8. The van der Waals surface area contributed by atoms with Gasteiger partial charge in [0.25, 0.3) is 0 Å². The van der Waals surface area contributed by atoms with Gasteiger partial charge in [0.05, 0.1) is 18.5 Å². The van der Waals surface area contributed by atoms with Crippen LogP contribution < -0.4 is 25.4 Å². The van der Waals surface area contributed by atoms with E-state index in [1.54, 1.807) is 50.6 Å².